The summed E-state index contributed by atoms with van der Waals surface area (Å²) in [4.78, 5) is 34.3. The highest BCUT2D eigenvalue weighted by atomic mass is 16.6. The van der Waals surface area contributed by atoms with E-state index in [9.17, 15) is 14.4 Å². The van der Waals surface area contributed by atoms with Crippen LogP contribution >= 0.6 is 0 Å². The fourth-order valence-corrected chi connectivity index (χ4v) is 2.38. The third kappa shape index (κ3) is 13.7. The molecule has 0 saturated carbocycles. The molecule has 0 aliphatic heterocycles. The summed E-state index contributed by atoms with van der Waals surface area (Å²) < 4.78 is 23.1. The van der Waals surface area contributed by atoms with Crippen molar-refractivity contribution < 1.29 is 33.3 Å². The summed E-state index contributed by atoms with van der Waals surface area (Å²) in [5, 5.41) is 8.08. The average Bonchev–Trinajstić information content (AvgIpc) is 3.20. The standard InChI is InChI=1S/C20H34N4O7/c1-18(17-26)14-20(27)23(2)15-19-16-24(22-21-19)4-7-29-9-11-31-13-12-30-10-8-28-6-3-5-25/h5,16-18H,3-4,6-15H2,1-2H3. The van der Waals surface area contributed by atoms with E-state index in [1.807, 2.05) is 0 Å². The number of carbonyl (C=O) groups excluding carboxylic acids is 3. The monoisotopic (exact) mass is 442 g/mol. The van der Waals surface area contributed by atoms with Gasteiger partial charge in [0.25, 0.3) is 0 Å². The quantitative estimate of drug-likeness (QED) is 0.205. The molecule has 176 valence electrons. The molecule has 0 radical (unpaired) electrons. The van der Waals surface area contributed by atoms with Crippen molar-refractivity contribution in [3.63, 3.8) is 0 Å². The van der Waals surface area contributed by atoms with Crippen LogP contribution < -0.4 is 0 Å². The van der Waals surface area contributed by atoms with Crippen molar-refractivity contribution in [3.05, 3.63) is 11.9 Å². The first-order valence-electron chi connectivity index (χ1n) is 10.4. The second-order valence-corrected chi connectivity index (χ2v) is 6.95. The van der Waals surface area contributed by atoms with Gasteiger partial charge in [0, 0.05) is 25.8 Å². The van der Waals surface area contributed by atoms with Gasteiger partial charge < -0.3 is 33.4 Å². The summed E-state index contributed by atoms with van der Waals surface area (Å²) in [6.45, 7) is 6.30. The number of aromatic nitrogens is 3. The fourth-order valence-electron chi connectivity index (χ4n) is 2.38. The van der Waals surface area contributed by atoms with Crippen molar-refractivity contribution in [3.8, 4) is 0 Å². The third-order valence-electron chi connectivity index (χ3n) is 4.10. The zero-order valence-corrected chi connectivity index (χ0v) is 18.4. The van der Waals surface area contributed by atoms with Crippen molar-refractivity contribution in [2.75, 3.05) is 59.9 Å². The summed E-state index contributed by atoms with van der Waals surface area (Å²) >= 11 is 0. The molecule has 0 bridgehead atoms. The molecular formula is C20H34N4O7. The maximum absolute atomic E-state index is 12.0. The minimum atomic E-state index is -0.293. The van der Waals surface area contributed by atoms with E-state index >= 15 is 0 Å². The molecule has 1 amide bonds. The number of rotatable bonds is 20. The predicted octanol–water partition coefficient (Wildman–Crippen LogP) is 0.117. The van der Waals surface area contributed by atoms with Crippen LogP contribution in [0.5, 0.6) is 0 Å². The molecule has 1 rings (SSSR count). The Hall–Kier alpha value is -2.21. The van der Waals surface area contributed by atoms with Crippen LogP contribution in [-0.4, -0.2) is 98.3 Å². The molecule has 0 aliphatic rings. The van der Waals surface area contributed by atoms with Gasteiger partial charge >= 0.3 is 0 Å². The minimum absolute atomic E-state index is 0.106. The predicted molar refractivity (Wildman–Crippen MR) is 110 cm³/mol. The van der Waals surface area contributed by atoms with Crippen molar-refractivity contribution in [2.45, 2.75) is 32.9 Å². The van der Waals surface area contributed by atoms with Crippen LogP contribution in [-0.2, 0) is 46.4 Å². The van der Waals surface area contributed by atoms with Crippen LogP contribution in [0.25, 0.3) is 0 Å². The lowest BCUT2D eigenvalue weighted by atomic mass is 10.1. The number of carbonyl (C=O) groups is 3. The number of amides is 1. The van der Waals surface area contributed by atoms with Gasteiger partial charge in [-0.3, -0.25) is 4.79 Å². The molecule has 11 heteroatoms. The first-order chi connectivity index (χ1) is 15.1. The first-order valence-corrected chi connectivity index (χ1v) is 10.4. The van der Waals surface area contributed by atoms with Crippen LogP contribution in [0, 0.1) is 5.92 Å². The Labute approximate surface area is 182 Å². The molecule has 0 N–H and O–H groups in total. The summed E-state index contributed by atoms with van der Waals surface area (Å²) in [7, 11) is 1.68. The zero-order chi connectivity index (χ0) is 22.7. The van der Waals surface area contributed by atoms with Gasteiger partial charge in [0.15, 0.2) is 0 Å². The van der Waals surface area contributed by atoms with Crippen LogP contribution in [0.4, 0.5) is 0 Å². The molecule has 0 aliphatic carbocycles. The van der Waals surface area contributed by atoms with Gasteiger partial charge in [0.1, 0.15) is 18.3 Å². The van der Waals surface area contributed by atoms with E-state index in [1.165, 1.54) is 4.90 Å². The number of hydrogen-bond acceptors (Lipinski definition) is 9. The summed E-state index contributed by atoms with van der Waals surface area (Å²) in [5.41, 5.74) is 0.673. The lowest BCUT2D eigenvalue weighted by molar-refractivity contribution is -0.132. The van der Waals surface area contributed by atoms with Gasteiger partial charge in [-0.1, -0.05) is 12.1 Å². The lowest BCUT2D eigenvalue weighted by Gasteiger charge is -2.16. The Morgan fingerprint density at radius 2 is 1.61 bits per heavy atom. The van der Waals surface area contributed by atoms with Crippen LogP contribution in [0.3, 0.4) is 0 Å². The molecule has 1 aromatic rings. The highest BCUT2D eigenvalue weighted by Gasteiger charge is 2.14. The molecule has 31 heavy (non-hydrogen) atoms. The highest BCUT2D eigenvalue weighted by molar-refractivity contribution is 5.78. The van der Waals surface area contributed by atoms with Crippen LogP contribution in [0.15, 0.2) is 6.20 Å². The van der Waals surface area contributed by atoms with Crippen LogP contribution in [0.1, 0.15) is 25.5 Å². The molecule has 0 saturated heterocycles. The van der Waals surface area contributed by atoms with Gasteiger partial charge in [0.05, 0.1) is 72.1 Å². The second-order valence-electron chi connectivity index (χ2n) is 6.95. The van der Waals surface area contributed by atoms with Gasteiger partial charge in [-0.25, -0.2) is 4.68 Å². The Bertz CT molecular complexity index is 626. The normalized spacial score (nSPS) is 11.9. The van der Waals surface area contributed by atoms with Gasteiger partial charge in [-0.15, -0.1) is 5.10 Å². The summed E-state index contributed by atoms with van der Waals surface area (Å²) in [6, 6.07) is 0. The number of aldehydes is 2. The zero-order valence-electron chi connectivity index (χ0n) is 18.4. The summed E-state index contributed by atoms with van der Waals surface area (Å²) in [5.74, 6) is -0.398. The second kappa shape index (κ2) is 17.5. The molecule has 0 fully saturated rings. The van der Waals surface area contributed by atoms with E-state index in [-0.39, 0.29) is 18.2 Å². The Morgan fingerprint density at radius 3 is 2.19 bits per heavy atom. The minimum Gasteiger partial charge on any atom is -0.379 e. The maximum Gasteiger partial charge on any atom is 0.223 e. The van der Waals surface area contributed by atoms with Gasteiger partial charge in [0.2, 0.25) is 5.91 Å². The van der Waals surface area contributed by atoms with E-state index in [1.54, 1.807) is 24.9 Å². The average molecular weight is 443 g/mol. The Kier molecular flexibility index (Phi) is 15.1. The molecule has 1 aromatic heterocycles. The number of ether oxygens (including phenoxy) is 4. The van der Waals surface area contributed by atoms with Gasteiger partial charge in [-0.2, -0.15) is 0 Å². The molecular weight excluding hydrogens is 408 g/mol. The number of nitrogens with zero attached hydrogens (tertiary/aromatic N) is 4. The molecule has 11 nitrogen and oxygen atoms in total. The molecule has 0 aromatic carbocycles. The number of hydrogen-bond donors (Lipinski definition) is 0. The first kappa shape index (κ1) is 26.8. The summed E-state index contributed by atoms with van der Waals surface area (Å²) in [6.07, 6.45) is 3.96. The van der Waals surface area contributed by atoms with E-state index in [0.29, 0.717) is 78.1 Å². The maximum atomic E-state index is 12.0. The molecule has 1 atom stereocenters. The van der Waals surface area contributed by atoms with Crippen LogP contribution in [0.2, 0.25) is 0 Å². The van der Waals surface area contributed by atoms with E-state index in [2.05, 4.69) is 10.3 Å². The van der Waals surface area contributed by atoms with Gasteiger partial charge in [-0.05, 0) is 0 Å². The fraction of sp³-hybridized carbons (Fsp3) is 0.750. The van der Waals surface area contributed by atoms with E-state index in [0.717, 1.165) is 12.6 Å². The van der Waals surface area contributed by atoms with Crippen molar-refractivity contribution in [1.82, 2.24) is 19.9 Å². The Balaban J connectivity index is 2.00. The Morgan fingerprint density at radius 1 is 1.03 bits per heavy atom. The van der Waals surface area contributed by atoms with Crippen molar-refractivity contribution in [1.29, 1.82) is 0 Å². The molecule has 0 spiro atoms. The third-order valence-corrected chi connectivity index (χ3v) is 4.10. The molecule has 1 unspecified atom stereocenters. The van der Waals surface area contributed by atoms with Crippen molar-refractivity contribution >= 4 is 18.5 Å². The topological polar surface area (TPSA) is 122 Å². The van der Waals surface area contributed by atoms with E-state index < -0.39 is 0 Å². The lowest BCUT2D eigenvalue weighted by Crippen LogP contribution is -2.28. The molecule has 1 heterocycles. The van der Waals surface area contributed by atoms with E-state index in [4.69, 9.17) is 18.9 Å². The smallest absolute Gasteiger partial charge is 0.223 e. The SMILES string of the molecule is CC(C=O)CC(=O)N(C)Cc1cn(CCOCCOCCOCCOCCC=O)nn1. The largest absolute Gasteiger partial charge is 0.379 e. The van der Waals surface area contributed by atoms with Crippen molar-refractivity contribution in [2.24, 2.45) is 5.92 Å². The highest BCUT2D eigenvalue weighted by Crippen LogP contribution is 2.05.